The smallest absolute Gasteiger partial charge is 0.493 e. The number of nitrogens with zero attached hydrogens (tertiary/aromatic N) is 2. The van der Waals surface area contributed by atoms with Gasteiger partial charge in [-0.1, -0.05) is 149 Å². The van der Waals surface area contributed by atoms with E-state index in [0.29, 0.717) is 0 Å². The van der Waals surface area contributed by atoms with Gasteiger partial charge < -0.3 is 19.4 Å². The zero-order valence-corrected chi connectivity index (χ0v) is 33.8. The SMILES string of the molecule is CCCCCC1=C(c2ccc(CCCC)cc2)[N+](=[N-])C(c2ccc(CCCC)cc2)=C1C.[CH2-]CCCCCCC.[CH2-]CCCCCCC.[Ni+2]. The predicted molar refractivity (Wildman–Crippen MR) is 215 cm³/mol. The Bertz CT molecular complexity index is 1130. The van der Waals surface area contributed by atoms with Gasteiger partial charge in [0.2, 0.25) is 11.4 Å². The van der Waals surface area contributed by atoms with Crippen LogP contribution in [0.2, 0.25) is 0 Å². The van der Waals surface area contributed by atoms with Crippen LogP contribution in [0.5, 0.6) is 0 Å². The summed E-state index contributed by atoms with van der Waals surface area (Å²) in [6, 6.07) is 17.6. The summed E-state index contributed by atoms with van der Waals surface area (Å²) in [6.45, 7) is 20.9. The van der Waals surface area contributed by atoms with Gasteiger partial charge in [0, 0.05) is 22.3 Å². The van der Waals surface area contributed by atoms with Crippen molar-refractivity contribution in [1.29, 1.82) is 0 Å². The molecule has 0 bridgehead atoms. The molecule has 0 amide bonds. The molecular formula is C46H74N2Ni. The summed E-state index contributed by atoms with van der Waals surface area (Å²) >= 11 is 0. The van der Waals surface area contributed by atoms with Crippen molar-refractivity contribution in [1.82, 2.24) is 0 Å². The van der Waals surface area contributed by atoms with Gasteiger partial charge in [0.15, 0.2) is 0 Å². The quantitative estimate of drug-likeness (QED) is 0.0502. The summed E-state index contributed by atoms with van der Waals surface area (Å²) in [7, 11) is 0. The Hall–Kier alpha value is -1.99. The number of rotatable bonds is 22. The Balaban J connectivity index is 0.00000112. The van der Waals surface area contributed by atoms with E-state index in [9.17, 15) is 5.53 Å². The van der Waals surface area contributed by atoms with E-state index in [2.05, 4.69) is 104 Å². The largest absolute Gasteiger partial charge is 2.00 e. The summed E-state index contributed by atoms with van der Waals surface area (Å²) in [5, 5.41) is 0. The molecule has 0 atom stereocenters. The number of allylic oxidation sites excluding steroid dienone is 2. The minimum atomic E-state index is 0. The number of hydrogen-bond donors (Lipinski definition) is 0. The first kappa shape index (κ1) is 47.0. The van der Waals surface area contributed by atoms with Crippen molar-refractivity contribution in [2.75, 3.05) is 0 Å². The second-order valence-electron chi connectivity index (χ2n) is 13.7. The number of hydrogen-bond acceptors (Lipinski definition) is 0. The van der Waals surface area contributed by atoms with E-state index in [1.54, 1.807) is 0 Å². The second-order valence-corrected chi connectivity index (χ2v) is 13.7. The third-order valence-corrected chi connectivity index (χ3v) is 9.35. The van der Waals surface area contributed by atoms with Crippen molar-refractivity contribution in [3.8, 4) is 0 Å². The summed E-state index contributed by atoms with van der Waals surface area (Å²) in [6.07, 6.45) is 27.6. The summed E-state index contributed by atoms with van der Waals surface area (Å²) < 4.78 is 1.46. The number of benzene rings is 2. The predicted octanol–water partition coefficient (Wildman–Crippen LogP) is 15.5. The molecule has 0 aliphatic carbocycles. The Morgan fingerprint density at radius 2 is 0.837 bits per heavy atom. The van der Waals surface area contributed by atoms with Crippen LogP contribution < -0.4 is 0 Å². The zero-order valence-electron chi connectivity index (χ0n) is 32.8. The normalized spacial score (nSPS) is 12.4. The molecule has 0 saturated carbocycles. The zero-order chi connectivity index (χ0) is 35.4. The van der Waals surface area contributed by atoms with Crippen molar-refractivity contribution in [2.24, 2.45) is 0 Å². The van der Waals surface area contributed by atoms with Crippen LogP contribution in [-0.4, -0.2) is 4.70 Å². The number of aryl methyl sites for hydroxylation is 2. The third kappa shape index (κ3) is 18.7. The molecule has 49 heavy (non-hydrogen) atoms. The Morgan fingerprint density at radius 3 is 1.22 bits per heavy atom. The van der Waals surface area contributed by atoms with Gasteiger partial charge >= 0.3 is 16.5 Å². The molecule has 0 radical (unpaired) electrons. The Morgan fingerprint density at radius 1 is 0.469 bits per heavy atom. The fourth-order valence-corrected chi connectivity index (χ4v) is 6.19. The van der Waals surface area contributed by atoms with Gasteiger partial charge in [0.05, 0.1) is 0 Å². The number of unbranched alkanes of at least 4 members (excludes halogenated alkanes) is 14. The fraction of sp³-hybridized carbons (Fsp3) is 0.609. The van der Waals surface area contributed by atoms with Crippen molar-refractivity contribution >= 4 is 11.4 Å². The first-order valence-electron chi connectivity index (χ1n) is 20.1. The molecule has 0 saturated heterocycles. The van der Waals surface area contributed by atoms with Crippen LogP contribution in [0.3, 0.4) is 0 Å². The van der Waals surface area contributed by atoms with Crippen LogP contribution in [0.15, 0.2) is 59.7 Å². The Kier molecular flexibility index (Phi) is 29.6. The molecule has 278 valence electrons. The van der Waals surface area contributed by atoms with Gasteiger partial charge in [-0.05, 0) is 80.8 Å². The summed E-state index contributed by atoms with van der Waals surface area (Å²) in [5.74, 6) is 0. The maximum Gasteiger partial charge on any atom is 2.00 e. The molecule has 3 rings (SSSR count). The fourth-order valence-electron chi connectivity index (χ4n) is 6.19. The molecule has 1 heterocycles. The van der Waals surface area contributed by atoms with Gasteiger partial charge in [-0.25, -0.2) is 4.70 Å². The minimum absolute atomic E-state index is 0. The van der Waals surface area contributed by atoms with Gasteiger partial charge in [-0.2, -0.15) is 12.8 Å². The van der Waals surface area contributed by atoms with Gasteiger partial charge in [0.1, 0.15) is 0 Å². The maximum atomic E-state index is 11.4. The van der Waals surface area contributed by atoms with Crippen LogP contribution >= 0.6 is 0 Å². The van der Waals surface area contributed by atoms with Gasteiger partial charge in [-0.3, -0.25) is 0 Å². The van der Waals surface area contributed by atoms with E-state index < -0.39 is 0 Å². The van der Waals surface area contributed by atoms with Crippen molar-refractivity contribution in [3.63, 3.8) is 0 Å². The summed E-state index contributed by atoms with van der Waals surface area (Å²) in [5.41, 5.74) is 20.7. The van der Waals surface area contributed by atoms with Crippen LogP contribution in [0.25, 0.3) is 16.9 Å². The van der Waals surface area contributed by atoms with E-state index in [4.69, 9.17) is 0 Å². The van der Waals surface area contributed by atoms with E-state index in [1.807, 2.05) is 0 Å². The van der Waals surface area contributed by atoms with E-state index in [1.165, 1.54) is 130 Å². The van der Waals surface area contributed by atoms with E-state index >= 15 is 0 Å². The molecule has 2 aromatic carbocycles. The molecule has 2 aromatic rings. The first-order valence-corrected chi connectivity index (χ1v) is 20.1. The van der Waals surface area contributed by atoms with Crippen LogP contribution in [0.4, 0.5) is 0 Å². The molecule has 2 nitrogen and oxygen atoms in total. The van der Waals surface area contributed by atoms with Gasteiger partial charge in [-0.15, -0.1) is 0 Å². The summed E-state index contributed by atoms with van der Waals surface area (Å²) in [4.78, 5) is 0. The van der Waals surface area contributed by atoms with Crippen molar-refractivity contribution in [3.05, 3.63) is 101 Å². The topological polar surface area (TPSA) is 25.3 Å². The average Bonchev–Trinajstić information content (AvgIpc) is 3.36. The van der Waals surface area contributed by atoms with Gasteiger partial charge in [0.25, 0.3) is 0 Å². The molecule has 0 unspecified atom stereocenters. The van der Waals surface area contributed by atoms with Crippen LogP contribution in [-0.2, 0) is 29.3 Å². The monoisotopic (exact) mass is 713 g/mol. The van der Waals surface area contributed by atoms with Crippen LogP contribution in [0.1, 0.15) is 192 Å². The minimum Gasteiger partial charge on any atom is -0.493 e. The van der Waals surface area contributed by atoms with E-state index in [-0.39, 0.29) is 16.5 Å². The average molecular weight is 714 g/mol. The molecule has 0 N–H and O–H groups in total. The first-order chi connectivity index (χ1) is 23.4. The molecule has 0 aromatic heterocycles. The van der Waals surface area contributed by atoms with Crippen molar-refractivity contribution in [2.45, 2.75) is 183 Å². The molecule has 0 spiro atoms. The maximum absolute atomic E-state index is 11.4. The third-order valence-electron chi connectivity index (χ3n) is 9.35. The van der Waals surface area contributed by atoms with E-state index in [0.717, 1.165) is 61.0 Å². The van der Waals surface area contributed by atoms with Crippen molar-refractivity contribution < 1.29 is 21.2 Å². The molecule has 1 aliphatic heterocycles. The van der Waals surface area contributed by atoms with Crippen LogP contribution in [0, 0.1) is 13.8 Å². The molecular weight excluding hydrogens is 639 g/mol. The molecule has 0 fully saturated rings. The molecule has 1 aliphatic rings. The standard InChI is InChI=1S/C30H40N2.2C8H17.Ni/c1-5-8-11-14-28-23(4)29(26-19-15-24(16-20-26)12-9-6-2)32(31)30(28)27-21-17-25(18-22-27)13-10-7-3;2*1-3-5-7-8-6-4-2;/h15-22H,5-14H2,1-4H3;2*1,3-8H2,2H3;/q;2*-1;+2. The Labute approximate surface area is 315 Å². The molecule has 3 heteroatoms. The second kappa shape index (κ2) is 30.8.